The quantitative estimate of drug-likeness (QED) is 0.640. The van der Waals surface area contributed by atoms with Crippen LogP contribution in [-0.2, 0) is 9.53 Å². The van der Waals surface area contributed by atoms with Gasteiger partial charge in [-0.15, -0.1) is 0 Å². The second-order valence-corrected chi connectivity index (χ2v) is 4.55. The molecule has 2 unspecified atom stereocenters. The first-order valence-corrected chi connectivity index (χ1v) is 5.52. The number of hydrogen-bond acceptors (Lipinski definition) is 4. The molecule has 88 valence electrons. The normalized spacial score (nSPS) is 21.9. The fourth-order valence-corrected chi connectivity index (χ4v) is 1.56. The van der Waals surface area contributed by atoms with Crippen LogP contribution in [0.3, 0.4) is 0 Å². The third-order valence-electron chi connectivity index (χ3n) is 3.18. The van der Waals surface area contributed by atoms with Crippen molar-refractivity contribution in [1.29, 1.82) is 0 Å². The molecule has 0 amide bonds. The highest BCUT2D eigenvalue weighted by Gasteiger charge is 2.40. The number of rotatable bonds is 6. The lowest BCUT2D eigenvalue weighted by atomic mass is 9.97. The van der Waals surface area contributed by atoms with E-state index in [1.165, 1.54) is 7.11 Å². The Morgan fingerprint density at radius 2 is 2.27 bits per heavy atom. The molecule has 0 saturated heterocycles. The van der Waals surface area contributed by atoms with Crippen molar-refractivity contribution in [3.8, 4) is 0 Å². The Morgan fingerprint density at radius 1 is 1.67 bits per heavy atom. The molecule has 2 N–H and O–H groups in total. The molecule has 1 aliphatic carbocycles. The van der Waals surface area contributed by atoms with Crippen molar-refractivity contribution in [2.24, 2.45) is 5.92 Å². The number of esters is 1. The van der Waals surface area contributed by atoms with Gasteiger partial charge in [-0.2, -0.15) is 0 Å². The lowest BCUT2D eigenvalue weighted by Crippen LogP contribution is -2.54. The van der Waals surface area contributed by atoms with Crippen LogP contribution >= 0.6 is 0 Å². The van der Waals surface area contributed by atoms with E-state index in [-0.39, 0.29) is 24.2 Å². The first-order valence-electron chi connectivity index (χ1n) is 5.52. The number of methoxy groups -OCH3 is 1. The minimum absolute atomic E-state index is 0.0315. The maximum Gasteiger partial charge on any atom is 0.323 e. The van der Waals surface area contributed by atoms with E-state index >= 15 is 0 Å². The molecule has 1 saturated carbocycles. The van der Waals surface area contributed by atoms with Crippen LogP contribution in [0.25, 0.3) is 0 Å². The van der Waals surface area contributed by atoms with Gasteiger partial charge >= 0.3 is 5.97 Å². The average Bonchev–Trinajstić information content (AvgIpc) is 3.08. The topological polar surface area (TPSA) is 58.6 Å². The predicted octanol–water partition coefficient (Wildman–Crippen LogP) is 0.689. The van der Waals surface area contributed by atoms with Gasteiger partial charge in [0.1, 0.15) is 6.04 Å². The molecule has 1 fully saturated rings. The Labute approximate surface area is 91.0 Å². The molecular weight excluding hydrogens is 194 g/mol. The van der Waals surface area contributed by atoms with Crippen LogP contribution in [0.4, 0.5) is 0 Å². The molecule has 0 aliphatic heterocycles. The van der Waals surface area contributed by atoms with Gasteiger partial charge in [-0.1, -0.05) is 6.92 Å². The van der Waals surface area contributed by atoms with Gasteiger partial charge in [-0.3, -0.25) is 10.1 Å². The Hall–Kier alpha value is -0.610. The average molecular weight is 215 g/mol. The van der Waals surface area contributed by atoms with E-state index in [0.717, 1.165) is 19.3 Å². The summed E-state index contributed by atoms with van der Waals surface area (Å²) in [4.78, 5) is 11.5. The number of carbonyl (C=O) groups excluding carboxylic acids is 1. The molecular formula is C11H21NO3. The summed E-state index contributed by atoms with van der Waals surface area (Å²) < 4.78 is 4.77. The van der Waals surface area contributed by atoms with E-state index < -0.39 is 0 Å². The van der Waals surface area contributed by atoms with Crippen molar-refractivity contribution in [1.82, 2.24) is 5.32 Å². The van der Waals surface area contributed by atoms with E-state index in [1.54, 1.807) is 0 Å². The highest BCUT2D eigenvalue weighted by Crippen LogP contribution is 2.34. The lowest BCUT2D eigenvalue weighted by molar-refractivity contribution is -0.144. The molecule has 4 heteroatoms. The highest BCUT2D eigenvalue weighted by molar-refractivity contribution is 5.76. The van der Waals surface area contributed by atoms with Crippen LogP contribution in [0.15, 0.2) is 0 Å². The Kier molecular flexibility index (Phi) is 4.11. The minimum Gasteiger partial charge on any atom is -0.468 e. The van der Waals surface area contributed by atoms with Crippen LogP contribution in [0, 0.1) is 5.92 Å². The monoisotopic (exact) mass is 215 g/mol. The second-order valence-electron chi connectivity index (χ2n) is 4.55. The Bertz CT molecular complexity index is 222. The minimum atomic E-state index is -0.387. The van der Waals surface area contributed by atoms with E-state index in [2.05, 4.69) is 5.32 Å². The number of ether oxygens (including phenoxy) is 1. The van der Waals surface area contributed by atoms with Crippen molar-refractivity contribution in [2.75, 3.05) is 13.7 Å². The first kappa shape index (κ1) is 12.5. The van der Waals surface area contributed by atoms with Gasteiger partial charge in [0.05, 0.1) is 13.7 Å². The standard InChI is InChI=1S/C11H21NO3/c1-4-11(2,7-13)12-9(8-5-6-8)10(14)15-3/h8-9,12-13H,4-7H2,1-3H3. The maximum absolute atomic E-state index is 11.5. The third-order valence-corrected chi connectivity index (χ3v) is 3.18. The molecule has 2 atom stereocenters. The lowest BCUT2D eigenvalue weighted by Gasteiger charge is -2.31. The fraction of sp³-hybridized carbons (Fsp3) is 0.909. The molecule has 4 nitrogen and oxygen atoms in total. The van der Waals surface area contributed by atoms with Gasteiger partial charge in [0, 0.05) is 5.54 Å². The number of hydrogen-bond donors (Lipinski definition) is 2. The molecule has 1 aliphatic rings. The number of aliphatic hydroxyl groups is 1. The summed E-state index contributed by atoms with van der Waals surface area (Å²) in [7, 11) is 1.40. The maximum atomic E-state index is 11.5. The molecule has 0 radical (unpaired) electrons. The van der Waals surface area contributed by atoms with Crippen molar-refractivity contribution in [2.45, 2.75) is 44.7 Å². The Morgan fingerprint density at radius 3 is 2.60 bits per heavy atom. The summed E-state index contributed by atoms with van der Waals surface area (Å²) >= 11 is 0. The zero-order chi connectivity index (χ0) is 11.5. The molecule has 0 aromatic carbocycles. The molecule has 1 rings (SSSR count). The van der Waals surface area contributed by atoms with Crippen LogP contribution in [0.5, 0.6) is 0 Å². The zero-order valence-electron chi connectivity index (χ0n) is 9.75. The Balaban J connectivity index is 2.61. The summed E-state index contributed by atoms with van der Waals surface area (Å²) in [6.45, 7) is 3.94. The van der Waals surface area contributed by atoms with Crippen LogP contribution in [0.2, 0.25) is 0 Å². The van der Waals surface area contributed by atoms with Crippen LogP contribution in [0.1, 0.15) is 33.1 Å². The van der Waals surface area contributed by atoms with E-state index in [1.807, 2.05) is 13.8 Å². The summed E-state index contributed by atoms with van der Waals surface area (Å²) in [5, 5.41) is 12.5. The summed E-state index contributed by atoms with van der Waals surface area (Å²) in [5.74, 6) is 0.167. The molecule has 0 heterocycles. The van der Waals surface area contributed by atoms with Gasteiger partial charge in [0.25, 0.3) is 0 Å². The van der Waals surface area contributed by atoms with E-state index in [9.17, 15) is 9.90 Å². The van der Waals surface area contributed by atoms with Crippen molar-refractivity contribution in [3.05, 3.63) is 0 Å². The molecule has 15 heavy (non-hydrogen) atoms. The number of nitrogens with one attached hydrogen (secondary N) is 1. The summed E-state index contributed by atoms with van der Waals surface area (Å²) in [5.41, 5.74) is -0.387. The van der Waals surface area contributed by atoms with Gasteiger partial charge in [0.2, 0.25) is 0 Å². The first-order chi connectivity index (χ1) is 7.06. The third kappa shape index (κ3) is 3.18. The molecule has 0 bridgehead atoms. The summed E-state index contributed by atoms with van der Waals surface area (Å²) in [6.07, 6.45) is 2.92. The van der Waals surface area contributed by atoms with Crippen LogP contribution < -0.4 is 5.32 Å². The molecule has 0 aromatic heterocycles. The van der Waals surface area contributed by atoms with Gasteiger partial charge in [0.15, 0.2) is 0 Å². The molecule has 0 spiro atoms. The molecule has 0 aromatic rings. The highest BCUT2D eigenvalue weighted by atomic mass is 16.5. The fourth-order valence-electron chi connectivity index (χ4n) is 1.56. The van der Waals surface area contributed by atoms with Crippen molar-refractivity contribution >= 4 is 5.97 Å². The van der Waals surface area contributed by atoms with Crippen molar-refractivity contribution < 1.29 is 14.6 Å². The number of carbonyl (C=O) groups is 1. The van der Waals surface area contributed by atoms with Gasteiger partial charge in [-0.25, -0.2) is 0 Å². The predicted molar refractivity (Wildman–Crippen MR) is 57.4 cm³/mol. The van der Waals surface area contributed by atoms with E-state index in [4.69, 9.17) is 4.74 Å². The zero-order valence-corrected chi connectivity index (χ0v) is 9.75. The van der Waals surface area contributed by atoms with Crippen LogP contribution in [-0.4, -0.2) is 36.4 Å². The van der Waals surface area contributed by atoms with Gasteiger partial charge in [-0.05, 0) is 32.1 Å². The van der Waals surface area contributed by atoms with Crippen molar-refractivity contribution in [3.63, 3.8) is 0 Å². The van der Waals surface area contributed by atoms with Gasteiger partial charge < -0.3 is 9.84 Å². The second kappa shape index (κ2) is 4.94. The SMILES string of the molecule is CCC(C)(CO)NC(C(=O)OC)C1CC1. The van der Waals surface area contributed by atoms with E-state index in [0.29, 0.717) is 5.92 Å². The largest absolute Gasteiger partial charge is 0.468 e. The smallest absolute Gasteiger partial charge is 0.323 e. The number of aliphatic hydroxyl groups excluding tert-OH is 1. The summed E-state index contributed by atoms with van der Waals surface area (Å²) in [6, 6.07) is -0.257.